The maximum absolute atomic E-state index is 11.4. The van der Waals surface area contributed by atoms with Gasteiger partial charge in [-0.25, -0.2) is 14.8 Å². The Hall–Kier alpha value is -1.65. The number of methoxy groups -OCH3 is 1. The lowest BCUT2D eigenvalue weighted by atomic mass is 10.2. The van der Waals surface area contributed by atoms with Gasteiger partial charge in [0.1, 0.15) is 5.82 Å². The van der Waals surface area contributed by atoms with E-state index in [2.05, 4.69) is 33.9 Å². The number of rotatable bonds is 5. The monoisotopic (exact) mass is 237 g/mol. The zero-order valence-electron chi connectivity index (χ0n) is 10.8. The number of esters is 1. The van der Waals surface area contributed by atoms with Crippen molar-refractivity contribution >= 4 is 11.8 Å². The first-order chi connectivity index (χ1) is 8.10. The average molecular weight is 237 g/mol. The predicted octanol–water partition coefficient (Wildman–Crippen LogP) is 2.17. The highest BCUT2D eigenvalue weighted by Crippen LogP contribution is 2.11. The fourth-order valence-electron chi connectivity index (χ4n) is 1.53. The van der Waals surface area contributed by atoms with Crippen molar-refractivity contribution in [2.75, 3.05) is 12.4 Å². The molecule has 0 aliphatic heterocycles. The number of carbonyl (C=O) groups is 1. The zero-order chi connectivity index (χ0) is 12.8. The standard InChI is InChI=1S/C12H19N3O2/c1-5-9(6-2)14-10-7-8(3)13-11(15-10)12(16)17-4/h7,9H,5-6H2,1-4H3,(H,13,14,15). The van der Waals surface area contributed by atoms with Crippen LogP contribution in [0.15, 0.2) is 6.07 Å². The lowest BCUT2D eigenvalue weighted by Crippen LogP contribution is -2.19. The van der Waals surface area contributed by atoms with E-state index in [0.29, 0.717) is 11.9 Å². The molecule has 1 aromatic rings. The third-order valence-corrected chi connectivity index (χ3v) is 2.56. The molecule has 1 rings (SSSR count). The van der Waals surface area contributed by atoms with Gasteiger partial charge in [-0.15, -0.1) is 0 Å². The molecule has 0 fully saturated rings. The number of carbonyl (C=O) groups excluding carboxylic acids is 1. The number of ether oxygens (including phenoxy) is 1. The molecule has 0 spiro atoms. The van der Waals surface area contributed by atoms with Crippen LogP contribution >= 0.6 is 0 Å². The summed E-state index contributed by atoms with van der Waals surface area (Å²) in [6, 6.07) is 2.18. The maximum Gasteiger partial charge on any atom is 0.376 e. The molecule has 0 bridgehead atoms. The van der Waals surface area contributed by atoms with Crippen LogP contribution in [0.4, 0.5) is 5.82 Å². The Kier molecular flexibility index (Phi) is 4.87. The van der Waals surface area contributed by atoms with Gasteiger partial charge in [-0.1, -0.05) is 13.8 Å². The van der Waals surface area contributed by atoms with E-state index in [-0.39, 0.29) is 5.82 Å². The van der Waals surface area contributed by atoms with Gasteiger partial charge in [0.25, 0.3) is 0 Å². The minimum Gasteiger partial charge on any atom is -0.463 e. The van der Waals surface area contributed by atoms with Crippen LogP contribution in [0.3, 0.4) is 0 Å². The molecule has 1 aromatic heterocycles. The van der Waals surface area contributed by atoms with Crippen molar-refractivity contribution < 1.29 is 9.53 Å². The fourth-order valence-corrected chi connectivity index (χ4v) is 1.53. The van der Waals surface area contributed by atoms with E-state index in [1.54, 1.807) is 0 Å². The minimum atomic E-state index is -0.513. The number of nitrogens with zero attached hydrogens (tertiary/aromatic N) is 2. The van der Waals surface area contributed by atoms with Crippen molar-refractivity contribution in [3.05, 3.63) is 17.6 Å². The molecule has 1 heterocycles. The van der Waals surface area contributed by atoms with E-state index in [4.69, 9.17) is 0 Å². The molecule has 0 unspecified atom stereocenters. The Morgan fingerprint density at radius 2 is 2.06 bits per heavy atom. The van der Waals surface area contributed by atoms with Crippen LogP contribution in [-0.4, -0.2) is 29.1 Å². The van der Waals surface area contributed by atoms with Gasteiger partial charge in [-0.2, -0.15) is 0 Å². The first-order valence-electron chi connectivity index (χ1n) is 5.81. The van der Waals surface area contributed by atoms with Crippen molar-refractivity contribution in [1.29, 1.82) is 0 Å². The molecule has 0 aliphatic rings. The van der Waals surface area contributed by atoms with Gasteiger partial charge in [-0.3, -0.25) is 0 Å². The lowest BCUT2D eigenvalue weighted by molar-refractivity contribution is 0.0586. The van der Waals surface area contributed by atoms with Gasteiger partial charge in [0, 0.05) is 17.8 Å². The summed E-state index contributed by atoms with van der Waals surface area (Å²) >= 11 is 0. The molecule has 5 heteroatoms. The summed E-state index contributed by atoms with van der Waals surface area (Å²) in [4.78, 5) is 19.5. The Bertz CT molecular complexity index is 389. The van der Waals surface area contributed by atoms with Crippen molar-refractivity contribution in [3.8, 4) is 0 Å². The smallest absolute Gasteiger partial charge is 0.376 e. The molecule has 0 aromatic carbocycles. The third-order valence-electron chi connectivity index (χ3n) is 2.56. The van der Waals surface area contributed by atoms with Gasteiger partial charge in [0.15, 0.2) is 0 Å². The first-order valence-corrected chi connectivity index (χ1v) is 5.81. The fraction of sp³-hybridized carbons (Fsp3) is 0.583. The Morgan fingerprint density at radius 3 is 2.59 bits per heavy atom. The number of hydrogen-bond acceptors (Lipinski definition) is 5. The molecule has 0 amide bonds. The second kappa shape index (κ2) is 6.18. The number of hydrogen-bond donors (Lipinski definition) is 1. The molecular weight excluding hydrogens is 218 g/mol. The van der Waals surface area contributed by atoms with Crippen LogP contribution in [0.1, 0.15) is 43.0 Å². The Labute approximate surface area is 102 Å². The van der Waals surface area contributed by atoms with E-state index in [9.17, 15) is 4.79 Å². The van der Waals surface area contributed by atoms with Crippen molar-refractivity contribution in [2.24, 2.45) is 0 Å². The minimum absolute atomic E-state index is 0.0981. The van der Waals surface area contributed by atoms with Gasteiger partial charge in [0.2, 0.25) is 5.82 Å². The van der Waals surface area contributed by atoms with Crippen molar-refractivity contribution in [3.63, 3.8) is 0 Å². The number of aromatic nitrogens is 2. The van der Waals surface area contributed by atoms with Crippen LogP contribution < -0.4 is 5.32 Å². The molecule has 94 valence electrons. The topological polar surface area (TPSA) is 64.1 Å². The van der Waals surface area contributed by atoms with Crippen LogP contribution in [0, 0.1) is 6.92 Å². The molecule has 0 aliphatic carbocycles. The highest BCUT2D eigenvalue weighted by atomic mass is 16.5. The SMILES string of the molecule is CCC(CC)Nc1cc(C)nc(C(=O)OC)n1. The summed E-state index contributed by atoms with van der Waals surface area (Å²) in [5, 5.41) is 3.28. The summed E-state index contributed by atoms with van der Waals surface area (Å²) in [6.45, 7) is 6.04. The largest absolute Gasteiger partial charge is 0.463 e. The second-order valence-corrected chi connectivity index (χ2v) is 3.87. The summed E-state index contributed by atoms with van der Waals surface area (Å²) in [5.74, 6) is 0.258. The van der Waals surface area contributed by atoms with Crippen LogP contribution in [0.5, 0.6) is 0 Å². The highest BCUT2D eigenvalue weighted by molar-refractivity contribution is 5.85. The third kappa shape index (κ3) is 3.69. The number of aryl methyl sites for hydroxylation is 1. The molecule has 17 heavy (non-hydrogen) atoms. The summed E-state index contributed by atoms with van der Waals surface area (Å²) in [6.07, 6.45) is 2.01. The van der Waals surface area contributed by atoms with Gasteiger partial charge in [0.05, 0.1) is 7.11 Å². The van der Waals surface area contributed by atoms with Crippen molar-refractivity contribution in [1.82, 2.24) is 9.97 Å². The van der Waals surface area contributed by atoms with Crippen LogP contribution in [0.25, 0.3) is 0 Å². The predicted molar refractivity (Wildman–Crippen MR) is 66.1 cm³/mol. The molecule has 5 nitrogen and oxygen atoms in total. The van der Waals surface area contributed by atoms with E-state index >= 15 is 0 Å². The molecule has 0 radical (unpaired) electrons. The van der Waals surface area contributed by atoms with E-state index < -0.39 is 5.97 Å². The molecule has 0 saturated heterocycles. The number of anilines is 1. The lowest BCUT2D eigenvalue weighted by Gasteiger charge is -2.15. The van der Waals surface area contributed by atoms with Crippen molar-refractivity contribution in [2.45, 2.75) is 39.7 Å². The normalized spacial score (nSPS) is 10.4. The molecule has 0 atom stereocenters. The van der Waals surface area contributed by atoms with E-state index in [1.165, 1.54) is 7.11 Å². The quantitative estimate of drug-likeness (QED) is 0.795. The molecule has 0 saturated carbocycles. The maximum atomic E-state index is 11.4. The Morgan fingerprint density at radius 1 is 1.41 bits per heavy atom. The molecule has 1 N–H and O–H groups in total. The summed E-state index contributed by atoms with van der Waals surface area (Å²) in [7, 11) is 1.32. The highest BCUT2D eigenvalue weighted by Gasteiger charge is 2.12. The summed E-state index contributed by atoms with van der Waals surface area (Å²) in [5.41, 5.74) is 0.744. The second-order valence-electron chi connectivity index (χ2n) is 3.87. The van der Waals surface area contributed by atoms with Crippen LogP contribution in [-0.2, 0) is 4.74 Å². The van der Waals surface area contributed by atoms with Gasteiger partial charge < -0.3 is 10.1 Å². The molecular formula is C12H19N3O2. The van der Waals surface area contributed by atoms with Crippen LogP contribution in [0.2, 0.25) is 0 Å². The zero-order valence-corrected chi connectivity index (χ0v) is 10.8. The first kappa shape index (κ1) is 13.4. The number of nitrogens with one attached hydrogen (secondary N) is 1. The van der Waals surface area contributed by atoms with E-state index in [0.717, 1.165) is 18.5 Å². The van der Waals surface area contributed by atoms with E-state index in [1.807, 2.05) is 13.0 Å². The Balaban J connectivity index is 2.93. The van der Waals surface area contributed by atoms with Gasteiger partial charge >= 0.3 is 5.97 Å². The van der Waals surface area contributed by atoms with Gasteiger partial charge in [-0.05, 0) is 19.8 Å². The summed E-state index contributed by atoms with van der Waals surface area (Å²) < 4.78 is 4.61. The average Bonchev–Trinajstić information content (AvgIpc) is 2.34.